The summed E-state index contributed by atoms with van der Waals surface area (Å²) in [5.41, 5.74) is 0. The maximum absolute atomic E-state index is 11.5. The van der Waals surface area contributed by atoms with E-state index >= 15 is 0 Å². The lowest BCUT2D eigenvalue weighted by Crippen LogP contribution is -2.34. The molecule has 1 fully saturated rings. The van der Waals surface area contributed by atoms with E-state index in [-0.39, 0.29) is 5.75 Å². The third-order valence-electron chi connectivity index (χ3n) is 2.85. The summed E-state index contributed by atoms with van der Waals surface area (Å²) in [6.07, 6.45) is 2.53. The molecule has 4 nitrogen and oxygen atoms in total. The lowest BCUT2D eigenvalue weighted by molar-refractivity contribution is 0.491. The lowest BCUT2D eigenvalue weighted by Gasteiger charge is -2.11. The quantitative estimate of drug-likeness (QED) is 0.603. The number of nitrogens with one attached hydrogen (secondary N) is 2. The molecule has 1 aliphatic carbocycles. The zero-order chi connectivity index (χ0) is 11.3. The molecule has 0 aliphatic heterocycles. The van der Waals surface area contributed by atoms with Crippen molar-refractivity contribution in [3.8, 4) is 0 Å². The molecule has 2 N–H and O–H groups in total. The third kappa shape index (κ3) is 5.49. The van der Waals surface area contributed by atoms with Gasteiger partial charge in [0.25, 0.3) is 0 Å². The Kier molecular flexibility index (Phi) is 5.02. The standard InChI is InChI=1S/C10H22N2O2S/c1-3-11-6-7-15(13,14)12-8-9(2)10-4-5-10/h9-12H,3-8H2,1-2H3. The van der Waals surface area contributed by atoms with Crippen LogP contribution in [0, 0.1) is 11.8 Å². The summed E-state index contributed by atoms with van der Waals surface area (Å²) in [6, 6.07) is 0. The van der Waals surface area contributed by atoms with Crippen LogP contribution in [0.25, 0.3) is 0 Å². The van der Waals surface area contributed by atoms with Gasteiger partial charge in [-0.15, -0.1) is 0 Å². The number of rotatable bonds is 8. The van der Waals surface area contributed by atoms with E-state index in [1.807, 2.05) is 6.92 Å². The molecule has 1 saturated carbocycles. The fraction of sp³-hybridized carbons (Fsp3) is 1.00. The zero-order valence-electron chi connectivity index (χ0n) is 9.62. The van der Waals surface area contributed by atoms with Gasteiger partial charge >= 0.3 is 0 Å². The molecule has 1 rings (SSSR count). The highest BCUT2D eigenvalue weighted by atomic mass is 32.2. The van der Waals surface area contributed by atoms with Crippen LogP contribution >= 0.6 is 0 Å². The molecule has 0 saturated heterocycles. The summed E-state index contributed by atoms with van der Waals surface area (Å²) >= 11 is 0. The highest BCUT2D eigenvalue weighted by molar-refractivity contribution is 7.89. The maximum Gasteiger partial charge on any atom is 0.212 e. The van der Waals surface area contributed by atoms with Gasteiger partial charge in [0.1, 0.15) is 0 Å². The molecule has 0 aromatic heterocycles. The van der Waals surface area contributed by atoms with Crippen LogP contribution in [0.4, 0.5) is 0 Å². The number of hydrogen-bond donors (Lipinski definition) is 2. The lowest BCUT2D eigenvalue weighted by atomic mass is 10.1. The monoisotopic (exact) mass is 234 g/mol. The van der Waals surface area contributed by atoms with Crippen molar-refractivity contribution in [3.05, 3.63) is 0 Å². The van der Waals surface area contributed by atoms with E-state index in [9.17, 15) is 8.42 Å². The zero-order valence-corrected chi connectivity index (χ0v) is 10.4. The van der Waals surface area contributed by atoms with Crippen LogP contribution in [0.3, 0.4) is 0 Å². The second-order valence-electron chi connectivity index (χ2n) is 4.34. The highest BCUT2D eigenvalue weighted by Crippen LogP contribution is 2.36. The Labute approximate surface area is 92.9 Å². The first-order chi connectivity index (χ1) is 7.05. The number of hydrogen-bond acceptors (Lipinski definition) is 3. The van der Waals surface area contributed by atoms with Gasteiger partial charge in [0.15, 0.2) is 0 Å². The molecule has 0 aromatic carbocycles. The van der Waals surface area contributed by atoms with Gasteiger partial charge in [0.05, 0.1) is 5.75 Å². The number of sulfonamides is 1. The molecule has 1 unspecified atom stereocenters. The first kappa shape index (κ1) is 12.9. The van der Waals surface area contributed by atoms with Crippen LogP contribution in [0.1, 0.15) is 26.7 Å². The first-order valence-corrected chi connectivity index (χ1v) is 7.38. The molecule has 0 aromatic rings. The molecule has 0 radical (unpaired) electrons. The van der Waals surface area contributed by atoms with Crippen LogP contribution in [-0.2, 0) is 10.0 Å². The molecular formula is C10H22N2O2S. The van der Waals surface area contributed by atoms with E-state index in [1.165, 1.54) is 12.8 Å². The molecule has 0 spiro atoms. The van der Waals surface area contributed by atoms with Crippen LogP contribution in [0.2, 0.25) is 0 Å². The van der Waals surface area contributed by atoms with Gasteiger partial charge in [-0.25, -0.2) is 13.1 Å². The Bertz CT molecular complexity index is 273. The summed E-state index contributed by atoms with van der Waals surface area (Å²) in [5.74, 6) is 1.42. The smallest absolute Gasteiger partial charge is 0.212 e. The van der Waals surface area contributed by atoms with Crippen molar-refractivity contribution < 1.29 is 8.42 Å². The normalized spacial score (nSPS) is 19.1. The molecule has 1 aliphatic rings. The second kappa shape index (κ2) is 5.82. The van der Waals surface area contributed by atoms with Crippen molar-refractivity contribution >= 4 is 10.0 Å². The fourth-order valence-electron chi connectivity index (χ4n) is 1.55. The predicted octanol–water partition coefficient (Wildman–Crippen LogP) is 0.561. The van der Waals surface area contributed by atoms with E-state index in [0.717, 1.165) is 12.5 Å². The Morgan fingerprint density at radius 2 is 2.07 bits per heavy atom. The van der Waals surface area contributed by atoms with E-state index in [0.29, 0.717) is 19.0 Å². The summed E-state index contributed by atoms with van der Waals surface area (Å²) in [7, 11) is -3.07. The van der Waals surface area contributed by atoms with E-state index < -0.39 is 10.0 Å². The van der Waals surface area contributed by atoms with Crippen molar-refractivity contribution in [2.45, 2.75) is 26.7 Å². The average molecular weight is 234 g/mol. The van der Waals surface area contributed by atoms with Gasteiger partial charge in [0.2, 0.25) is 10.0 Å². The van der Waals surface area contributed by atoms with Crippen LogP contribution < -0.4 is 10.0 Å². The van der Waals surface area contributed by atoms with Gasteiger partial charge in [-0.1, -0.05) is 13.8 Å². The van der Waals surface area contributed by atoms with E-state index in [1.54, 1.807) is 0 Å². The molecule has 0 amide bonds. The Morgan fingerprint density at radius 1 is 1.40 bits per heavy atom. The van der Waals surface area contributed by atoms with Gasteiger partial charge < -0.3 is 5.32 Å². The Hall–Kier alpha value is -0.130. The first-order valence-electron chi connectivity index (χ1n) is 5.73. The van der Waals surface area contributed by atoms with Crippen molar-refractivity contribution in [1.82, 2.24) is 10.0 Å². The minimum absolute atomic E-state index is 0.179. The van der Waals surface area contributed by atoms with E-state index in [2.05, 4.69) is 17.0 Å². The van der Waals surface area contributed by atoms with Gasteiger partial charge in [-0.3, -0.25) is 0 Å². The van der Waals surface area contributed by atoms with Gasteiger partial charge in [-0.05, 0) is 31.2 Å². The summed E-state index contributed by atoms with van der Waals surface area (Å²) < 4.78 is 25.7. The van der Waals surface area contributed by atoms with Crippen molar-refractivity contribution in [3.63, 3.8) is 0 Å². The predicted molar refractivity (Wildman–Crippen MR) is 62.2 cm³/mol. The molecule has 5 heteroatoms. The minimum atomic E-state index is -3.07. The van der Waals surface area contributed by atoms with E-state index in [4.69, 9.17) is 0 Å². The Balaban J connectivity index is 2.16. The molecule has 0 bridgehead atoms. The molecule has 15 heavy (non-hydrogen) atoms. The summed E-state index contributed by atoms with van der Waals surface area (Å²) in [4.78, 5) is 0. The third-order valence-corrected chi connectivity index (χ3v) is 4.20. The highest BCUT2D eigenvalue weighted by Gasteiger charge is 2.28. The van der Waals surface area contributed by atoms with Crippen molar-refractivity contribution in [1.29, 1.82) is 0 Å². The topological polar surface area (TPSA) is 58.2 Å². The SMILES string of the molecule is CCNCCS(=O)(=O)NCC(C)C1CC1. The largest absolute Gasteiger partial charge is 0.316 e. The maximum atomic E-state index is 11.5. The fourth-order valence-corrected chi connectivity index (χ4v) is 2.62. The summed E-state index contributed by atoms with van der Waals surface area (Å²) in [6.45, 7) is 6.02. The molecule has 0 heterocycles. The Morgan fingerprint density at radius 3 is 2.60 bits per heavy atom. The van der Waals surface area contributed by atoms with Crippen LogP contribution in [-0.4, -0.2) is 33.8 Å². The van der Waals surface area contributed by atoms with Crippen LogP contribution in [0.15, 0.2) is 0 Å². The molecule has 90 valence electrons. The van der Waals surface area contributed by atoms with Gasteiger partial charge in [0, 0.05) is 13.1 Å². The molecular weight excluding hydrogens is 212 g/mol. The second-order valence-corrected chi connectivity index (χ2v) is 6.26. The van der Waals surface area contributed by atoms with Crippen molar-refractivity contribution in [2.24, 2.45) is 11.8 Å². The van der Waals surface area contributed by atoms with Gasteiger partial charge in [-0.2, -0.15) is 0 Å². The molecule has 1 atom stereocenters. The average Bonchev–Trinajstić information content (AvgIpc) is 2.98. The summed E-state index contributed by atoms with van der Waals surface area (Å²) in [5, 5.41) is 3.01. The minimum Gasteiger partial charge on any atom is -0.316 e. The van der Waals surface area contributed by atoms with Crippen molar-refractivity contribution in [2.75, 3.05) is 25.4 Å². The van der Waals surface area contributed by atoms with Crippen LogP contribution in [0.5, 0.6) is 0 Å².